The molecule has 1 aliphatic heterocycles. The van der Waals surface area contributed by atoms with E-state index in [1.54, 1.807) is 6.20 Å². The minimum absolute atomic E-state index is 0.0275. The van der Waals surface area contributed by atoms with Crippen molar-refractivity contribution in [3.05, 3.63) is 11.9 Å². The zero-order chi connectivity index (χ0) is 15.2. The van der Waals surface area contributed by atoms with Crippen LogP contribution in [0.1, 0.15) is 32.4 Å². The Morgan fingerprint density at radius 3 is 3.05 bits per heavy atom. The van der Waals surface area contributed by atoms with Gasteiger partial charge in [-0.3, -0.25) is 9.59 Å². The Morgan fingerprint density at radius 1 is 1.57 bits per heavy atom. The maximum Gasteiger partial charge on any atom is 0.224 e. The molecule has 1 saturated heterocycles. The number of piperidine rings is 1. The number of nitrogens with zero attached hydrogens (tertiary/aromatic N) is 3. The molecule has 2 amide bonds. The topological polar surface area (TPSA) is 91.0 Å². The maximum atomic E-state index is 12.2. The standard InChI is InChI=1S/C14H23N5O2/c1-10(2)8-19-9-11(3-4-13(19)20)14(21)15-6-5-12-7-16-18-17-12/h7,10-11H,3-6,8-9H2,1-2H3,(H,15,21)(H,16,17,18)/t11-/m0/s1. The summed E-state index contributed by atoms with van der Waals surface area (Å²) in [6, 6.07) is 0. The van der Waals surface area contributed by atoms with E-state index in [9.17, 15) is 9.59 Å². The molecule has 0 spiro atoms. The zero-order valence-corrected chi connectivity index (χ0v) is 12.6. The molecule has 116 valence electrons. The molecule has 1 atom stereocenters. The molecule has 1 fully saturated rings. The van der Waals surface area contributed by atoms with Crippen LogP contribution in [0.3, 0.4) is 0 Å². The van der Waals surface area contributed by atoms with Gasteiger partial charge in [-0.25, -0.2) is 0 Å². The number of hydrogen-bond acceptors (Lipinski definition) is 4. The van der Waals surface area contributed by atoms with E-state index in [4.69, 9.17) is 0 Å². The Labute approximate surface area is 124 Å². The first-order chi connectivity index (χ1) is 10.1. The summed E-state index contributed by atoms with van der Waals surface area (Å²) in [7, 11) is 0. The lowest BCUT2D eigenvalue weighted by Gasteiger charge is -2.33. The number of aromatic amines is 1. The van der Waals surface area contributed by atoms with E-state index in [1.807, 2.05) is 4.90 Å². The summed E-state index contributed by atoms with van der Waals surface area (Å²) in [5.74, 6) is 0.511. The van der Waals surface area contributed by atoms with Crippen LogP contribution in [0.4, 0.5) is 0 Å². The lowest BCUT2D eigenvalue weighted by atomic mass is 9.96. The van der Waals surface area contributed by atoms with Gasteiger partial charge in [-0.2, -0.15) is 15.4 Å². The minimum Gasteiger partial charge on any atom is -0.355 e. The highest BCUT2D eigenvalue weighted by molar-refractivity contribution is 5.83. The van der Waals surface area contributed by atoms with Crippen molar-refractivity contribution in [2.45, 2.75) is 33.1 Å². The van der Waals surface area contributed by atoms with E-state index in [0.717, 1.165) is 12.2 Å². The fourth-order valence-electron chi connectivity index (χ4n) is 2.55. The van der Waals surface area contributed by atoms with E-state index < -0.39 is 0 Å². The van der Waals surface area contributed by atoms with Gasteiger partial charge in [0.2, 0.25) is 11.8 Å². The first-order valence-electron chi connectivity index (χ1n) is 7.46. The minimum atomic E-state index is -0.0984. The molecular formula is C14H23N5O2. The number of likely N-dealkylation sites (tertiary alicyclic amines) is 1. The monoisotopic (exact) mass is 293 g/mol. The molecule has 2 N–H and O–H groups in total. The molecule has 0 aliphatic carbocycles. The van der Waals surface area contributed by atoms with Gasteiger partial charge in [0.15, 0.2) is 0 Å². The predicted octanol–water partition coefficient (Wildman–Crippen LogP) is 0.358. The second kappa shape index (κ2) is 7.19. The highest BCUT2D eigenvalue weighted by Crippen LogP contribution is 2.18. The lowest BCUT2D eigenvalue weighted by Crippen LogP contribution is -2.47. The Hall–Kier alpha value is -1.92. The number of nitrogens with one attached hydrogen (secondary N) is 2. The van der Waals surface area contributed by atoms with Crippen LogP contribution in [0, 0.1) is 11.8 Å². The summed E-state index contributed by atoms with van der Waals surface area (Å²) in [6.07, 6.45) is 3.41. The average molecular weight is 293 g/mol. The van der Waals surface area contributed by atoms with Crippen molar-refractivity contribution in [3.8, 4) is 0 Å². The zero-order valence-electron chi connectivity index (χ0n) is 12.6. The lowest BCUT2D eigenvalue weighted by molar-refractivity contribution is -0.138. The molecule has 1 aliphatic rings. The Bertz CT molecular complexity index is 472. The van der Waals surface area contributed by atoms with E-state index in [0.29, 0.717) is 38.3 Å². The summed E-state index contributed by atoms with van der Waals surface area (Å²) in [4.78, 5) is 25.8. The second-order valence-corrected chi connectivity index (χ2v) is 5.93. The van der Waals surface area contributed by atoms with Crippen LogP contribution in [0.5, 0.6) is 0 Å². The third-order valence-corrected chi connectivity index (χ3v) is 3.60. The predicted molar refractivity (Wildman–Crippen MR) is 77.2 cm³/mol. The van der Waals surface area contributed by atoms with Gasteiger partial charge < -0.3 is 10.2 Å². The van der Waals surface area contributed by atoms with Crippen molar-refractivity contribution in [1.29, 1.82) is 0 Å². The highest BCUT2D eigenvalue weighted by Gasteiger charge is 2.30. The number of carbonyl (C=O) groups is 2. The quantitative estimate of drug-likeness (QED) is 0.792. The second-order valence-electron chi connectivity index (χ2n) is 5.93. The van der Waals surface area contributed by atoms with Gasteiger partial charge in [-0.15, -0.1) is 0 Å². The average Bonchev–Trinajstić information content (AvgIpc) is 2.94. The van der Waals surface area contributed by atoms with Gasteiger partial charge in [0, 0.05) is 32.5 Å². The largest absolute Gasteiger partial charge is 0.355 e. The molecule has 0 saturated carbocycles. The van der Waals surface area contributed by atoms with Crippen LogP contribution >= 0.6 is 0 Å². The number of H-pyrrole nitrogens is 1. The summed E-state index contributed by atoms with van der Waals surface area (Å²) in [5, 5.41) is 13.1. The van der Waals surface area contributed by atoms with E-state index in [2.05, 4.69) is 34.6 Å². The van der Waals surface area contributed by atoms with Crippen molar-refractivity contribution in [2.24, 2.45) is 11.8 Å². The van der Waals surface area contributed by atoms with Gasteiger partial charge in [-0.05, 0) is 12.3 Å². The van der Waals surface area contributed by atoms with Crippen LogP contribution in [-0.2, 0) is 16.0 Å². The Morgan fingerprint density at radius 2 is 2.38 bits per heavy atom. The molecule has 0 unspecified atom stereocenters. The SMILES string of the molecule is CC(C)CN1C[C@@H](C(=O)NCCc2cn[nH]n2)CCC1=O. The summed E-state index contributed by atoms with van der Waals surface area (Å²) >= 11 is 0. The fourth-order valence-corrected chi connectivity index (χ4v) is 2.55. The number of hydrogen-bond donors (Lipinski definition) is 2. The number of aromatic nitrogens is 3. The first-order valence-corrected chi connectivity index (χ1v) is 7.46. The normalized spacial score (nSPS) is 19.1. The summed E-state index contributed by atoms with van der Waals surface area (Å²) in [6.45, 7) is 5.96. The molecule has 0 aromatic carbocycles. The van der Waals surface area contributed by atoms with Crippen molar-refractivity contribution >= 4 is 11.8 Å². The van der Waals surface area contributed by atoms with Crippen LogP contribution in [0.2, 0.25) is 0 Å². The van der Waals surface area contributed by atoms with Crippen molar-refractivity contribution in [2.75, 3.05) is 19.6 Å². The summed E-state index contributed by atoms with van der Waals surface area (Å²) in [5.41, 5.74) is 0.829. The van der Waals surface area contributed by atoms with Gasteiger partial charge in [0.25, 0.3) is 0 Å². The molecule has 2 rings (SSSR count). The maximum absolute atomic E-state index is 12.2. The molecule has 7 nitrogen and oxygen atoms in total. The van der Waals surface area contributed by atoms with Crippen molar-refractivity contribution in [1.82, 2.24) is 25.6 Å². The summed E-state index contributed by atoms with van der Waals surface area (Å²) < 4.78 is 0. The third-order valence-electron chi connectivity index (χ3n) is 3.60. The van der Waals surface area contributed by atoms with Gasteiger partial charge >= 0.3 is 0 Å². The number of amides is 2. The number of rotatable bonds is 6. The van der Waals surface area contributed by atoms with Crippen LogP contribution in [0.25, 0.3) is 0 Å². The van der Waals surface area contributed by atoms with Gasteiger partial charge in [0.05, 0.1) is 17.8 Å². The molecule has 2 heterocycles. The van der Waals surface area contributed by atoms with Crippen LogP contribution in [-0.4, -0.2) is 51.8 Å². The molecular weight excluding hydrogens is 270 g/mol. The number of carbonyl (C=O) groups excluding carboxylic acids is 2. The Kier molecular flexibility index (Phi) is 5.30. The van der Waals surface area contributed by atoms with E-state index in [1.165, 1.54) is 0 Å². The molecule has 21 heavy (non-hydrogen) atoms. The first kappa shape index (κ1) is 15.5. The van der Waals surface area contributed by atoms with Crippen LogP contribution < -0.4 is 5.32 Å². The van der Waals surface area contributed by atoms with E-state index >= 15 is 0 Å². The highest BCUT2D eigenvalue weighted by atomic mass is 16.2. The molecule has 0 bridgehead atoms. The van der Waals surface area contributed by atoms with Crippen LogP contribution in [0.15, 0.2) is 6.20 Å². The van der Waals surface area contributed by atoms with E-state index in [-0.39, 0.29) is 17.7 Å². The molecule has 0 radical (unpaired) electrons. The van der Waals surface area contributed by atoms with Gasteiger partial charge in [-0.1, -0.05) is 13.8 Å². The fraction of sp³-hybridized carbons (Fsp3) is 0.714. The van der Waals surface area contributed by atoms with Crippen molar-refractivity contribution in [3.63, 3.8) is 0 Å². The molecule has 7 heteroatoms. The molecule has 1 aromatic rings. The Balaban J connectivity index is 1.77. The molecule has 1 aromatic heterocycles. The van der Waals surface area contributed by atoms with Crippen molar-refractivity contribution < 1.29 is 9.59 Å². The third kappa shape index (κ3) is 4.54. The smallest absolute Gasteiger partial charge is 0.224 e. The van der Waals surface area contributed by atoms with Gasteiger partial charge in [0.1, 0.15) is 0 Å².